The molecule has 0 bridgehead atoms. The van der Waals surface area contributed by atoms with Gasteiger partial charge in [-0.15, -0.1) is 0 Å². The fraction of sp³-hybridized carbons (Fsp3) is 0.133. The Morgan fingerprint density at radius 1 is 1.00 bits per heavy atom. The maximum atomic E-state index is 14.5. The van der Waals surface area contributed by atoms with Crippen molar-refractivity contribution in [1.82, 2.24) is 19.2 Å². The number of rotatable bonds is 4. The van der Waals surface area contributed by atoms with Gasteiger partial charge in [-0.2, -0.15) is 5.10 Å². The van der Waals surface area contributed by atoms with E-state index in [9.17, 15) is 13.6 Å². The molecule has 1 aliphatic heterocycles. The number of fused-ring (bicyclic) bond motifs is 3. The van der Waals surface area contributed by atoms with Crippen molar-refractivity contribution in [3.8, 4) is 17.3 Å². The normalized spacial score (nSPS) is 14.4. The number of amides is 2. The first-order valence-electron chi connectivity index (χ1n) is 12.4. The number of hydrogen-bond acceptors (Lipinski definition) is 3. The molecule has 7 nitrogen and oxygen atoms in total. The maximum Gasteiger partial charge on any atom is 0.323 e. The fourth-order valence-electron chi connectivity index (χ4n) is 5.06. The molecule has 0 saturated carbocycles. The van der Waals surface area contributed by atoms with E-state index in [1.54, 1.807) is 12.0 Å². The van der Waals surface area contributed by atoms with Gasteiger partial charge in [0.15, 0.2) is 0 Å². The minimum Gasteiger partial charge on any atom is -0.497 e. The predicted molar refractivity (Wildman–Crippen MR) is 143 cm³/mol. The number of halogens is 2. The average Bonchev–Trinajstić information content (AvgIpc) is 3.51. The summed E-state index contributed by atoms with van der Waals surface area (Å²) in [6.07, 6.45) is 1.95. The number of nitrogens with one attached hydrogen (secondary N) is 1. The van der Waals surface area contributed by atoms with E-state index in [0.29, 0.717) is 5.75 Å². The third-order valence-electron chi connectivity index (χ3n) is 6.95. The van der Waals surface area contributed by atoms with Gasteiger partial charge in [0.05, 0.1) is 42.5 Å². The number of anilines is 1. The van der Waals surface area contributed by atoms with Gasteiger partial charge in [-0.25, -0.2) is 18.3 Å². The highest BCUT2D eigenvalue weighted by atomic mass is 19.1. The second kappa shape index (κ2) is 9.75. The topological polar surface area (TPSA) is 64.3 Å². The number of aryl methyl sites for hydroxylation is 1. The molecule has 0 radical (unpaired) electrons. The van der Waals surface area contributed by atoms with Crippen molar-refractivity contribution in [3.63, 3.8) is 0 Å². The first-order valence-corrected chi connectivity index (χ1v) is 12.4. The third kappa shape index (κ3) is 4.31. The minimum absolute atomic E-state index is 0.105. The molecule has 39 heavy (non-hydrogen) atoms. The largest absolute Gasteiger partial charge is 0.497 e. The number of ether oxygens (including phenoxy) is 1. The van der Waals surface area contributed by atoms with Crippen molar-refractivity contribution in [1.29, 1.82) is 0 Å². The molecular formula is C30H25F2N5O2. The first-order chi connectivity index (χ1) is 18.9. The summed E-state index contributed by atoms with van der Waals surface area (Å²) < 4.78 is 37.3. The van der Waals surface area contributed by atoms with E-state index in [1.807, 2.05) is 89.1 Å². The van der Waals surface area contributed by atoms with E-state index in [-0.39, 0.29) is 12.2 Å². The van der Waals surface area contributed by atoms with Gasteiger partial charge in [-0.3, -0.25) is 0 Å². The maximum absolute atomic E-state index is 14.5. The van der Waals surface area contributed by atoms with Crippen molar-refractivity contribution in [3.05, 3.63) is 125 Å². The Hall–Kier alpha value is -4.92. The van der Waals surface area contributed by atoms with Crippen molar-refractivity contribution in [2.45, 2.75) is 19.5 Å². The van der Waals surface area contributed by atoms with Gasteiger partial charge in [-0.05, 0) is 61.0 Å². The zero-order chi connectivity index (χ0) is 27.1. The molecule has 1 aliphatic rings. The van der Waals surface area contributed by atoms with Crippen LogP contribution in [0.2, 0.25) is 0 Å². The summed E-state index contributed by atoms with van der Waals surface area (Å²) in [6.45, 7) is 2.10. The molecule has 3 heterocycles. The molecule has 5 aromatic rings. The number of carbonyl (C=O) groups is 1. The van der Waals surface area contributed by atoms with Gasteiger partial charge in [0.2, 0.25) is 0 Å². The van der Waals surface area contributed by atoms with E-state index >= 15 is 0 Å². The van der Waals surface area contributed by atoms with Crippen molar-refractivity contribution >= 4 is 11.7 Å². The second-order valence-corrected chi connectivity index (χ2v) is 9.30. The summed E-state index contributed by atoms with van der Waals surface area (Å²) in [5.74, 6) is -0.0643. The highest BCUT2D eigenvalue weighted by Gasteiger charge is 2.36. The van der Waals surface area contributed by atoms with Gasteiger partial charge in [-0.1, -0.05) is 30.3 Å². The third-order valence-corrected chi connectivity index (χ3v) is 6.95. The summed E-state index contributed by atoms with van der Waals surface area (Å²) in [5, 5.41) is 7.48. The fourth-order valence-corrected chi connectivity index (χ4v) is 5.06. The lowest BCUT2D eigenvalue weighted by Gasteiger charge is -2.31. The van der Waals surface area contributed by atoms with Crippen LogP contribution in [0.25, 0.3) is 11.5 Å². The Kier molecular flexibility index (Phi) is 6.11. The summed E-state index contributed by atoms with van der Waals surface area (Å²) in [6, 6.07) is 23.2. The molecule has 3 aromatic carbocycles. The van der Waals surface area contributed by atoms with Gasteiger partial charge in [0.1, 0.15) is 23.2 Å². The lowest BCUT2D eigenvalue weighted by atomic mass is 10.0. The number of hydrogen-bond donors (Lipinski definition) is 1. The second-order valence-electron chi connectivity index (χ2n) is 9.30. The van der Waals surface area contributed by atoms with Crippen LogP contribution < -0.4 is 10.1 Å². The number of aromatic nitrogens is 3. The number of nitrogens with zero attached hydrogens (tertiary/aromatic N) is 4. The van der Waals surface area contributed by atoms with E-state index in [0.717, 1.165) is 46.2 Å². The van der Waals surface area contributed by atoms with E-state index in [4.69, 9.17) is 9.84 Å². The standard InChI is InChI=1S/C30H25F2N5O2/c1-19-24-18-36(30(38)33-26-15-12-21(31)17-25(26)32)28(20-10-13-23(39-2)14-11-20)27-9-6-16-35(27)29(24)37(34-19)22-7-4-3-5-8-22/h3-17,28H,18H2,1-2H3,(H,33,38)/t28-/m1/s1. The smallest absolute Gasteiger partial charge is 0.323 e. The molecule has 9 heteroatoms. The lowest BCUT2D eigenvalue weighted by molar-refractivity contribution is 0.194. The quantitative estimate of drug-likeness (QED) is 0.296. The first kappa shape index (κ1) is 24.4. The monoisotopic (exact) mass is 525 g/mol. The van der Waals surface area contributed by atoms with Crippen LogP contribution in [0.15, 0.2) is 91.1 Å². The Labute approximate surface area is 223 Å². The van der Waals surface area contributed by atoms with Crippen molar-refractivity contribution < 1.29 is 18.3 Å². The van der Waals surface area contributed by atoms with Crippen LogP contribution in [0.1, 0.15) is 28.6 Å². The summed E-state index contributed by atoms with van der Waals surface area (Å²) in [7, 11) is 1.59. The van der Waals surface area contributed by atoms with Crippen LogP contribution in [-0.4, -0.2) is 32.4 Å². The van der Waals surface area contributed by atoms with Crippen LogP contribution in [0.3, 0.4) is 0 Å². The molecule has 0 fully saturated rings. The molecule has 0 saturated heterocycles. The summed E-state index contributed by atoms with van der Waals surface area (Å²) in [4.78, 5) is 15.5. The minimum atomic E-state index is -0.851. The summed E-state index contributed by atoms with van der Waals surface area (Å²) >= 11 is 0. The zero-order valence-corrected chi connectivity index (χ0v) is 21.3. The zero-order valence-electron chi connectivity index (χ0n) is 21.3. The highest BCUT2D eigenvalue weighted by molar-refractivity contribution is 5.90. The molecule has 0 unspecified atom stereocenters. The van der Waals surface area contributed by atoms with Gasteiger partial charge < -0.3 is 19.5 Å². The van der Waals surface area contributed by atoms with Gasteiger partial charge in [0, 0.05) is 17.8 Å². The van der Waals surface area contributed by atoms with Crippen LogP contribution >= 0.6 is 0 Å². The highest BCUT2D eigenvalue weighted by Crippen LogP contribution is 2.39. The number of para-hydroxylation sites is 1. The average molecular weight is 526 g/mol. The van der Waals surface area contributed by atoms with Crippen LogP contribution in [0, 0.1) is 18.6 Å². The van der Waals surface area contributed by atoms with Crippen molar-refractivity contribution in [2.75, 3.05) is 12.4 Å². The Morgan fingerprint density at radius 3 is 2.49 bits per heavy atom. The number of urea groups is 1. The predicted octanol–water partition coefficient (Wildman–Crippen LogP) is 6.40. The number of benzene rings is 3. The molecule has 6 rings (SSSR count). The molecule has 1 N–H and O–H groups in total. The van der Waals surface area contributed by atoms with Crippen LogP contribution in [-0.2, 0) is 6.54 Å². The van der Waals surface area contributed by atoms with Crippen molar-refractivity contribution in [2.24, 2.45) is 0 Å². The van der Waals surface area contributed by atoms with Gasteiger partial charge >= 0.3 is 6.03 Å². The molecule has 2 amide bonds. The Morgan fingerprint density at radius 2 is 1.77 bits per heavy atom. The molecular weight excluding hydrogens is 500 g/mol. The Balaban J connectivity index is 1.52. The van der Waals surface area contributed by atoms with Crippen LogP contribution in [0.5, 0.6) is 5.75 Å². The molecule has 1 atom stereocenters. The van der Waals surface area contributed by atoms with E-state index in [2.05, 4.69) is 5.32 Å². The number of methoxy groups -OCH3 is 1. The number of carbonyl (C=O) groups excluding carboxylic acids is 1. The van der Waals surface area contributed by atoms with Gasteiger partial charge in [0.25, 0.3) is 0 Å². The van der Waals surface area contributed by atoms with E-state index in [1.165, 1.54) is 6.07 Å². The van der Waals surface area contributed by atoms with Crippen LogP contribution in [0.4, 0.5) is 19.3 Å². The lowest BCUT2D eigenvalue weighted by Crippen LogP contribution is -2.38. The Bertz CT molecular complexity index is 1660. The SMILES string of the molecule is COc1ccc([C@@H]2c3cccn3-c3c(c(C)nn3-c3ccccc3)CN2C(=O)Nc2ccc(F)cc2F)cc1. The summed E-state index contributed by atoms with van der Waals surface area (Å²) in [5.41, 5.74) is 4.05. The molecule has 0 spiro atoms. The molecule has 196 valence electrons. The van der Waals surface area contributed by atoms with E-state index < -0.39 is 23.7 Å². The molecule has 0 aliphatic carbocycles. The molecule has 2 aromatic heterocycles.